The molecular formula is C28H37N7O3Si. The van der Waals surface area contributed by atoms with Gasteiger partial charge in [0, 0.05) is 46.6 Å². The number of hydrogen-bond acceptors (Lipinski definition) is 8. The smallest absolute Gasteiger partial charge is 0.264 e. The van der Waals surface area contributed by atoms with E-state index in [-0.39, 0.29) is 24.0 Å². The number of Topliss-reactive ketones (excluding diaryl/α,β-unsaturated/α-hetero) is 1. The van der Waals surface area contributed by atoms with E-state index in [9.17, 15) is 14.9 Å². The van der Waals surface area contributed by atoms with Gasteiger partial charge in [-0.15, -0.1) is 0 Å². The van der Waals surface area contributed by atoms with Crippen molar-refractivity contribution in [1.82, 2.24) is 24.4 Å². The molecule has 0 aromatic carbocycles. The maximum Gasteiger partial charge on any atom is 0.264 e. The predicted molar refractivity (Wildman–Crippen MR) is 155 cm³/mol. The lowest BCUT2D eigenvalue weighted by Crippen LogP contribution is -2.22. The molecule has 0 unspecified atom stereocenters. The Morgan fingerprint density at radius 3 is 2.44 bits per heavy atom. The van der Waals surface area contributed by atoms with Gasteiger partial charge < -0.3 is 19.5 Å². The van der Waals surface area contributed by atoms with Gasteiger partial charge in [0.25, 0.3) is 5.91 Å². The number of ether oxygens (including phenoxy) is 1. The first-order chi connectivity index (χ1) is 18.2. The molecule has 0 bridgehead atoms. The van der Waals surface area contributed by atoms with Crippen molar-refractivity contribution in [2.45, 2.75) is 53.2 Å². The van der Waals surface area contributed by atoms with Gasteiger partial charge in [-0.1, -0.05) is 40.4 Å². The van der Waals surface area contributed by atoms with Crippen molar-refractivity contribution in [2.24, 2.45) is 5.41 Å². The average molecular weight is 548 g/mol. The summed E-state index contributed by atoms with van der Waals surface area (Å²) in [5, 5.41) is 12.4. The molecule has 0 aliphatic rings. The zero-order valence-corrected chi connectivity index (χ0v) is 25.0. The van der Waals surface area contributed by atoms with Crippen LogP contribution in [-0.4, -0.2) is 64.9 Å². The number of carbonyl (C=O) groups excluding carboxylic acids is 2. The minimum absolute atomic E-state index is 0.0175. The van der Waals surface area contributed by atoms with E-state index in [1.807, 2.05) is 31.4 Å². The minimum atomic E-state index is -1.22. The van der Waals surface area contributed by atoms with Crippen LogP contribution in [0.1, 0.15) is 36.7 Å². The van der Waals surface area contributed by atoms with Crippen LogP contribution in [0, 0.1) is 16.7 Å². The van der Waals surface area contributed by atoms with Crippen molar-refractivity contribution >= 4 is 48.6 Å². The second-order valence-electron chi connectivity index (χ2n) is 11.8. The Hall–Kier alpha value is -3.88. The first kappa shape index (κ1) is 29.7. The fraction of sp³-hybridized carbons (Fsp3) is 0.429. The number of anilines is 2. The molecule has 3 heterocycles. The van der Waals surface area contributed by atoms with Gasteiger partial charge in [-0.3, -0.25) is 9.59 Å². The molecule has 0 atom stereocenters. The highest BCUT2D eigenvalue weighted by molar-refractivity contribution is 6.76. The van der Waals surface area contributed by atoms with Crippen molar-refractivity contribution in [1.29, 1.82) is 5.26 Å². The molecule has 39 heavy (non-hydrogen) atoms. The van der Waals surface area contributed by atoms with Crippen LogP contribution in [0.25, 0.3) is 17.2 Å². The third-order valence-corrected chi connectivity index (χ3v) is 7.53. The predicted octanol–water partition coefficient (Wildman–Crippen LogP) is 5.11. The van der Waals surface area contributed by atoms with Gasteiger partial charge in [0.05, 0.1) is 11.8 Å². The van der Waals surface area contributed by atoms with Crippen molar-refractivity contribution in [2.75, 3.05) is 26.0 Å². The van der Waals surface area contributed by atoms with E-state index in [2.05, 4.69) is 34.9 Å². The van der Waals surface area contributed by atoms with E-state index >= 15 is 0 Å². The Morgan fingerprint density at radius 1 is 1.15 bits per heavy atom. The SMILES string of the molecule is CN(C)C(=O)/C(C#N)=C/c1ccc(Nc2cnc3c(n2)c(C(=O)C(C)(C)C)cn3COCC[Si](C)(C)C)nc1. The van der Waals surface area contributed by atoms with Gasteiger partial charge >= 0.3 is 0 Å². The van der Waals surface area contributed by atoms with E-state index in [4.69, 9.17) is 9.72 Å². The molecule has 0 saturated heterocycles. The Morgan fingerprint density at radius 2 is 1.87 bits per heavy atom. The number of fused-ring (bicyclic) bond motifs is 1. The van der Waals surface area contributed by atoms with E-state index in [0.717, 1.165) is 6.04 Å². The standard InChI is InChI=1S/C28H37N7O3Si/c1-28(2,3)25(36)21-17-35(18-38-11-12-39(6,7)8)26-24(21)33-23(16-31-26)32-22-10-9-19(15-30-22)13-20(14-29)27(37)34(4)5/h9-10,13,15-17H,11-12,18H2,1-8H3,(H,30,32,33)/b20-13+. The average Bonchev–Trinajstić information content (AvgIpc) is 3.21. The maximum atomic E-state index is 13.3. The van der Waals surface area contributed by atoms with Crippen LogP contribution in [0.4, 0.5) is 11.6 Å². The number of nitrogens with zero attached hydrogens (tertiary/aromatic N) is 6. The highest BCUT2D eigenvalue weighted by atomic mass is 28.3. The normalized spacial score (nSPS) is 12.3. The van der Waals surface area contributed by atoms with Crippen LogP contribution in [0.2, 0.25) is 25.7 Å². The zero-order valence-electron chi connectivity index (χ0n) is 24.0. The third-order valence-electron chi connectivity index (χ3n) is 5.83. The third kappa shape index (κ3) is 7.81. The molecule has 11 heteroatoms. The summed E-state index contributed by atoms with van der Waals surface area (Å²) in [5.74, 6) is 0.516. The summed E-state index contributed by atoms with van der Waals surface area (Å²) in [6, 6.07) is 6.42. The van der Waals surface area contributed by atoms with E-state index in [1.54, 1.807) is 44.8 Å². The number of ketones is 1. The van der Waals surface area contributed by atoms with Crippen molar-refractivity contribution in [3.63, 3.8) is 0 Å². The Bertz CT molecular complexity index is 1420. The van der Waals surface area contributed by atoms with Gasteiger partial charge in [0.15, 0.2) is 17.2 Å². The lowest BCUT2D eigenvalue weighted by atomic mass is 9.87. The molecule has 0 aliphatic carbocycles. The summed E-state index contributed by atoms with van der Waals surface area (Å²) in [7, 11) is 1.96. The van der Waals surface area contributed by atoms with Gasteiger partial charge in [0.2, 0.25) is 0 Å². The molecule has 1 amide bonds. The molecule has 3 aromatic heterocycles. The van der Waals surface area contributed by atoms with E-state index in [0.29, 0.717) is 40.5 Å². The van der Waals surface area contributed by atoms with Crippen LogP contribution in [-0.2, 0) is 16.3 Å². The topological polar surface area (TPSA) is 126 Å². The van der Waals surface area contributed by atoms with Crippen molar-refractivity contribution in [3.05, 3.63) is 47.4 Å². The van der Waals surface area contributed by atoms with Crippen molar-refractivity contribution < 1.29 is 14.3 Å². The second-order valence-corrected chi connectivity index (χ2v) is 17.5. The highest BCUT2D eigenvalue weighted by Gasteiger charge is 2.28. The van der Waals surface area contributed by atoms with Gasteiger partial charge in [0.1, 0.15) is 29.7 Å². The summed E-state index contributed by atoms with van der Waals surface area (Å²) in [4.78, 5) is 40.4. The van der Waals surface area contributed by atoms with Crippen LogP contribution in [0.3, 0.4) is 0 Å². The molecular weight excluding hydrogens is 510 g/mol. The molecule has 0 spiro atoms. The Labute approximate surface area is 230 Å². The lowest BCUT2D eigenvalue weighted by molar-refractivity contribution is -0.124. The number of carbonyl (C=O) groups is 2. The van der Waals surface area contributed by atoms with Crippen LogP contribution < -0.4 is 5.32 Å². The Balaban J connectivity index is 1.87. The lowest BCUT2D eigenvalue weighted by Gasteiger charge is -2.16. The number of amides is 1. The summed E-state index contributed by atoms with van der Waals surface area (Å²) in [6.07, 6.45) is 6.41. The molecule has 3 rings (SSSR count). The van der Waals surface area contributed by atoms with Crippen LogP contribution >= 0.6 is 0 Å². The number of nitrogens with one attached hydrogen (secondary N) is 1. The number of likely N-dealkylation sites (N-methyl/N-ethyl adjacent to an activating group) is 1. The van der Waals surface area contributed by atoms with Crippen molar-refractivity contribution in [3.8, 4) is 6.07 Å². The molecule has 10 nitrogen and oxygen atoms in total. The summed E-state index contributed by atoms with van der Waals surface area (Å²) in [6.45, 7) is 13.5. The second kappa shape index (κ2) is 11.9. The molecule has 0 radical (unpaired) electrons. The fourth-order valence-electron chi connectivity index (χ4n) is 3.57. The maximum absolute atomic E-state index is 13.3. The first-order valence-corrected chi connectivity index (χ1v) is 16.5. The number of hydrogen-bond donors (Lipinski definition) is 1. The number of pyridine rings is 1. The van der Waals surface area contributed by atoms with E-state index in [1.165, 1.54) is 11.0 Å². The quantitative estimate of drug-likeness (QED) is 0.122. The van der Waals surface area contributed by atoms with Gasteiger partial charge in [-0.2, -0.15) is 5.26 Å². The zero-order chi connectivity index (χ0) is 29.0. The highest BCUT2D eigenvalue weighted by Crippen LogP contribution is 2.28. The van der Waals surface area contributed by atoms with Gasteiger partial charge in [-0.25, -0.2) is 15.0 Å². The molecule has 0 fully saturated rings. The monoisotopic (exact) mass is 547 g/mol. The summed E-state index contributed by atoms with van der Waals surface area (Å²) in [5.41, 5.74) is 1.59. The number of aromatic nitrogens is 4. The number of rotatable bonds is 10. The summed E-state index contributed by atoms with van der Waals surface area (Å²) >= 11 is 0. The first-order valence-electron chi connectivity index (χ1n) is 12.7. The largest absolute Gasteiger partial charge is 0.361 e. The minimum Gasteiger partial charge on any atom is -0.361 e. The van der Waals surface area contributed by atoms with E-state index < -0.39 is 13.5 Å². The van der Waals surface area contributed by atoms with Crippen LogP contribution in [0.15, 0.2) is 36.3 Å². The Kier molecular flexibility index (Phi) is 9.04. The molecule has 0 saturated carbocycles. The molecule has 3 aromatic rings. The van der Waals surface area contributed by atoms with Crippen LogP contribution in [0.5, 0.6) is 0 Å². The number of nitriles is 1. The molecule has 206 valence electrons. The molecule has 1 N–H and O–H groups in total. The fourth-order valence-corrected chi connectivity index (χ4v) is 4.32. The molecule has 0 aliphatic heterocycles. The summed E-state index contributed by atoms with van der Waals surface area (Å²) < 4.78 is 7.76. The van der Waals surface area contributed by atoms with Gasteiger partial charge in [-0.05, 0) is 29.8 Å².